The van der Waals surface area contributed by atoms with Gasteiger partial charge in [0, 0.05) is 23.0 Å². The molecule has 1 unspecified atom stereocenters. The molecule has 1 atom stereocenters. The predicted octanol–water partition coefficient (Wildman–Crippen LogP) is 4.09. The zero-order chi connectivity index (χ0) is 21.1. The summed E-state index contributed by atoms with van der Waals surface area (Å²) >= 11 is 0. The number of aryl methyl sites for hydroxylation is 1. The Morgan fingerprint density at radius 3 is 2.23 bits per heavy atom. The van der Waals surface area contributed by atoms with Crippen molar-refractivity contribution >= 4 is 6.21 Å². The minimum Gasteiger partial charge on any atom is -0.508 e. The number of benzene rings is 3. The number of phenolic OH excluding ortho intramolecular Hbond substituents is 2. The third-order valence-electron chi connectivity index (χ3n) is 4.94. The van der Waals surface area contributed by atoms with Crippen LogP contribution in [0.2, 0.25) is 0 Å². The van der Waals surface area contributed by atoms with Crippen molar-refractivity contribution in [2.75, 3.05) is 0 Å². The van der Waals surface area contributed by atoms with E-state index in [1.807, 2.05) is 30.3 Å². The van der Waals surface area contributed by atoms with Gasteiger partial charge in [-0.3, -0.25) is 14.9 Å². The van der Waals surface area contributed by atoms with Gasteiger partial charge in [-0.2, -0.15) is 0 Å². The van der Waals surface area contributed by atoms with Gasteiger partial charge in [-0.15, -0.1) is 0 Å². The van der Waals surface area contributed by atoms with Crippen molar-refractivity contribution in [3.8, 4) is 17.2 Å². The second-order valence-corrected chi connectivity index (χ2v) is 6.92. The van der Waals surface area contributed by atoms with Crippen molar-refractivity contribution in [1.82, 2.24) is 9.78 Å². The number of aromatic hydroxyl groups is 2. The zero-order valence-electron chi connectivity index (χ0n) is 16.4. The summed E-state index contributed by atoms with van der Waals surface area (Å²) in [6.07, 6.45) is 1.52. The van der Waals surface area contributed by atoms with Gasteiger partial charge in [0.2, 0.25) is 0 Å². The van der Waals surface area contributed by atoms with Gasteiger partial charge in [-0.25, -0.2) is 4.68 Å². The highest BCUT2D eigenvalue weighted by Gasteiger charge is 2.25. The molecule has 0 bridgehead atoms. The number of nitrogens with one attached hydrogen (secondary N) is 1. The van der Waals surface area contributed by atoms with Crippen molar-refractivity contribution in [2.45, 2.75) is 13.0 Å². The molecule has 4 rings (SSSR count). The van der Waals surface area contributed by atoms with Crippen LogP contribution in [0.4, 0.5) is 0 Å². The second kappa shape index (κ2) is 8.13. The lowest BCUT2D eigenvalue weighted by atomic mass is 9.98. The van der Waals surface area contributed by atoms with E-state index in [-0.39, 0.29) is 17.1 Å². The number of nitrogens with zero attached hydrogens (tertiary/aromatic N) is 2. The van der Waals surface area contributed by atoms with E-state index in [9.17, 15) is 15.0 Å². The maximum Gasteiger partial charge on any atom is 0.277 e. The zero-order valence-corrected chi connectivity index (χ0v) is 16.4. The molecule has 6 nitrogen and oxygen atoms in total. The predicted molar refractivity (Wildman–Crippen MR) is 117 cm³/mol. The molecule has 0 aliphatic heterocycles. The molecule has 1 aromatic heterocycles. The van der Waals surface area contributed by atoms with Crippen LogP contribution in [0.15, 0.2) is 88.6 Å². The average Bonchev–Trinajstić information content (AvgIpc) is 3.05. The lowest BCUT2D eigenvalue weighted by molar-refractivity contribution is 0.465. The molecule has 3 N–H and O–H groups in total. The van der Waals surface area contributed by atoms with Gasteiger partial charge in [0.05, 0.1) is 11.3 Å². The van der Waals surface area contributed by atoms with E-state index >= 15 is 0 Å². The van der Waals surface area contributed by atoms with Gasteiger partial charge < -0.3 is 10.2 Å². The summed E-state index contributed by atoms with van der Waals surface area (Å²) in [6.45, 7) is 1.80. The monoisotopic (exact) mass is 399 g/mol. The molecule has 0 amide bonds. The molecule has 0 saturated carbocycles. The third kappa shape index (κ3) is 3.63. The van der Waals surface area contributed by atoms with Crippen LogP contribution < -0.4 is 5.56 Å². The fourth-order valence-corrected chi connectivity index (χ4v) is 3.42. The lowest BCUT2D eigenvalue weighted by Crippen LogP contribution is -2.19. The number of aromatic nitrogens is 2. The van der Waals surface area contributed by atoms with E-state index in [0.717, 1.165) is 0 Å². The lowest BCUT2D eigenvalue weighted by Gasteiger charge is -2.13. The molecule has 30 heavy (non-hydrogen) atoms. The van der Waals surface area contributed by atoms with Crippen LogP contribution in [0.3, 0.4) is 0 Å². The van der Waals surface area contributed by atoms with Crippen LogP contribution in [0.25, 0.3) is 5.69 Å². The van der Waals surface area contributed by atoms with Crippen LogP contribution in [0.1, 0.15) is 28.4 Å². The van der Waals surface area contributed by atoms with Crippen LogP contribution in [0.5, 0.6) is 11.5 Å². The summed E-state index contributed by atoms with van der Waals surface area (Å²) in [5.74, 6) is 0.132. The van der Waals surface area contributed by atoms with Crippen LogP contribution in [0, 0.1) is 6.92 Å². The molecule has 150 valence electrons. The molecule has 0 saturated heterocycles. The topological polar surface area (TPSA) is 90.6 Å². The SMILES string of the molecule is Cc1[nH]n(-c2ccccc2)c(=O)c1C(N=Cc1ccccc1O)c1ccccc1O. The van der Waals surface area contributed by atoms with E-state index in [0.29, 0.717) is 28.1 Å². The quantitative estimate of drug-likeness (QED) is 0.442. The molecule has 3 aromatic carbocycles. The third-order valence-corrected chi connectivity index (χ3v) is 4.94. The average molecular weight is 399 g/mol. The van der Waals surface area contributed by atoms with Crippen molar-refractivity contribution < 1.29 is 10.2 Å². The smallest absolute Gasteiger partial charge is 0.277 e. The molecule has 0 fully saturated rings. The van der Waals surface area contributed by atoms with Gasteiger partial charge in [0.1, 0.15) is 17.5 Å². The Balaban J connectivity index is 1.87. The molecule has 0 spiro atoms. The van der Waals surface area contributed by atoms with Gasteiger partial charge in [0.15, 0.2) is 0 Å². The minimum absolute atomic E-state index is 0.0446. The Bertz CT molecular complexity index is 1260. The second-order valence-electron chi connectivity index (χ2n) is 6.92. The normalized spacial score (nSPS) is 12.3. The first-order valence-electron chi connectivity index (χ1n) is 9.52. The molecular formula is C24H21N3O3. The van der Waals surface area contributed by atoms with Gasteiger partial charge in [-0.05, 0) is 37.3 Å². The van der Waals surface area contributed by atoms with E-state index in [4.69, 9.17) is 0 Å². The van der Waals surface area contributed by atoms with Crippen molar-refractivity contribution in [1.29, 1.82) is 0 Å². The molecule has 0 aliphatic rings. The van der Waals surface area contributed by atoms with Gasteiger partial charge >= 0.3 is 0 Å². The fourth-order valence-electron chi connectivity index (χ4n) is 3.42. The van der Waals surface area contributed by atoms with Crippen LogP contribution >= 0.6 is 0 Å². The summed E-state index contributed by atoms with van der Waals surface area (Å²) < 4.78 is 1.47. The molecular weight excluding hydrogens is 378 g/mol. The minimum atomic E-state index is -0.750. The summed E-state index contributed by atoms with van der Waals surface area (Å²) in [6, 6.07) is 22.1. The van der Waals surface area contributed by atoms with E-state index in [1.54, 1.807) is 55.5 Å². The van der Waals surface area contributed by atoms with Crippen molar-refractivity contribution in [3.05, 3.63) is 112 Å². The first-order chi connectivity index (χ1) is 14.6. The number of hydrogen-bond donors (Lipinski definition) is 3. The Kier molecular flexibility index (Phi) is 5.22. The molecule has 0 aliphatic carbocycles. The Hall–Kier alpha value is -4.06. The molecule has 4 aromatic rings. The first-order valence-corrected chi connectivity index (χ1v) is 9.52. The molecule has 1 heterocycles. The van der Waals surface area contributed by atoms with E-state index in [1.165, 1.54) is 10.9 Å². The highest BCUT2D eigenvalue weighted by molar-refractivity contribution is 5.83. The number of phenols is 2. The summed E-state index contributed by atoms with van der Waals surface area (Å²) in [5.41, 5.74) is 2.55. The summed E-state index contributed by atoms with van der Waals surface area (Å²) in [5, 5.41) is 23.6. The fraction of sp³-hybridized carbons (Fsp3) is 0.0833. The number of H-pyrrole nitrogens is 1. The Morgan fingerprint density at radius 1 is 0.900 bits per heavy atom. The van der Waals surface area contributed by atoms with E-state index in [2.05, 4.69) is 10.1 Å². The molecule has 0 radical (unpaired) electrons. The number of aliphatic imine (C=N–C) groups is 1. The largest absolute Gasteiger partial charge is 0.508 e. The number of para-hydroxylation sites is 3. The van der Waals surface area contributed by atoms with Gasteiger partial charge in [-0.1, -0.05) is 48.5 Å². The standard InChI is InChI=1S/C24H21N3O3/c1-16-22(24(30)27(26-16)18-10-3-2-4-11-18)23(19-12-6-8-14-21(19)29)25-15-17-9-5-7-13-20(17)28/h2-15,23,26,28-29H,1H3. The number of aromatic amines is 1. The van der Waals surface area contributed by atoms with Crippen molar-refractivity contribution in [3.63, 3.8) is 0 Å². The number of rotatable bonds is 5. The highest BCUT2D eigenvalue weighted by Crippen LogP contribution is 2.32. The van der Waals surface area contributed by atoms with Crippen molar-refractivity contribution in [2.24, 2.45) is 4.99 Å². The summed E-state index contributed by atoms with van der Waals surface area (Å²) in [7, 11) is 0. The summed E-state index contributed by atoms with van der Waals surface area (Å²) in [4.78, 5) is 17.9. The molecule has 6 heteroatoms. The van der Waals surface area contributed by atoms with Crippen LogP contribution in [-0.4, -0.2) is 26.2 Å². The first kappa shape index (κ1) is 19.3. The van der Waals surface area contributed by atoms with Gasteiger partial charge in [0.25, 0.3) is 5.56 Å². The van der Waals surface area contributed by atoms with E-state index < -0.39 is 6.04 Å². The highest BCUT2D eigenvalue weighted by atomic mass is 16.3. The maximum absolute atomic E-state index is 13.3. The Morgan fingerprint density at radius 2 is 1.53 bits per heavy atom. The Labute approximate surface area is 173 Å². The van der Waals surface area contributed by atoms with Crippen LogP contribution in [-0.2, 0) is 0 Å². The maximum atomic E-state index is 13.3. The number of hydrogen-bond acceptors (Lipinski definition) is 4.